The molecule has 0 bridgehead atoms. The molecule has 0 unspecified atom stereocenters. The molecular formula is C21H26N2O3. The molecule has 5 nitrogen and oxygen atoms in total. The fourth-order valence-corrected chi connectivity index (χ4v) is 2.39. The Hall–Kier alpha value is -2.82. The lowest BCUT2D eigenvalue weighted by Gasteiger charge is -2.07. The molecule has 138 valence electrons. The minimum absolute atomic E-state index is 0.193. The van der Waals surface area contributed by atoms with Crippen molar-refractivity contribution in [2.45, 2.75) is 39.5 Å². The Balaban J connectivity index is 1.85. The van der Waals surface area contributed by atoms with Gasteiger partial charge in [0.25, 0.3) is 5.91 Å². The van der Waals surface area contributed by atoms with Gasteiger partial charge in [0.1, 0.15) is 11.5 Å². The fourth-order valence-electron chi connectivity index (χ4n) is 2.39. The number of hydrogen-bond donors (Lipinski definition) is 2. The number of hydrogen-bond acceptors (Lipinski definition) is 4. The number of carbonyl (C=O) groups excluding carboxylic acids is 1. The second-order valence-corrected chi connectivity index (χ2v) is 6.12. The maximum atomic E-state index is 12.2. The first-order chi connectivity index (χ1) is 12.6. The van der Waals surface area contributed by atoms with Gasteiger partial charge in [-0.1, -0.05) is 26.2 Å². The number of rotatable bonds is 9. The van der Waals surface area contributed by atoms with Crippen molar-refractivity contribution in [3.05, 3.63) is 59.7 Å². The number of phenolic OH excluding ortho intramolecular Hbond substituents is 1. The fraction of sp³-hybridized carbons (Fsp3) is 0.333. The van der Waals surface area contributed by atoms with E-state index in [2.05, 4.69) is 17.5 Å². The Labute approximate surface area is 154 Å². The number of phenols is 1. The van der Waals surface area contributed by atoms with Crippen molar-refractivity contribution in [3.63, 3.8) is 0 Å². The molecule has 2 aromatic rings. The predicted octanol–water partition coefficient (Wildman–Crippen LogP) is 4.51. The third kappa shape index (κ3) is 6.24. The van der Waals surface area contributed by atoms with E-state index < -0.39 is 0 Å². The zero-order valence-electron chi connectivity index (χ0n) is 15.4. The third-order valence-corrected chi connectivity index (χ3v) is 3.99. The first-order valence-electron chi connectivity index (χ1n) is 8.97. The molecule has 0 fully saturated rings. The highest BCUT2D eigenvalue weighted by atomic mass is 16.5. The monoisotopic (exact) mass is 354 g/mol. The van der Waals surface area contributed by atoms with E-state index in [1.807, 2.05) is 0 Å². The van der Waals surface area contributed by atoms with Crippen LogP contribution in [0.25, 0.3) is 0 Å². The Morgan fingerprint density at radius 1 is 1.00 bits per heavy atom. The topological polar surface area (TPSA) is 70.9 Å². The molecule has 2 N–H and O–H groups in total. The molecule has 5 heteroatoms. The van der Waals surface area contributed by atoms with Crippen molar-refractivity contribution in [2.24, 2.45) is 5.10 Å². The van der Waals surface area contributed by atoms with E-state index in [4.69, 9.17) is 4.74 Å². The highest BCUT2D eigenvalue weighted by Crippen LogP contribution is 2.13. The Morgan fingerprint density at radius 3 is 2.31 bits per heavy atom. The second-order valence-electron chi connectivity index (χ2n) is 6.12. The van der Waals surface area contributed by atoms with Gasteiger partial charge in [-0.15, -0.1) is 0 Å². The summed E-state index contributed by atoms with van der Waals surface area (Å²) in [7, 11) is 0. The number of carbonyl (C=O) groups is 1. The van der Waals surface area contributed by atoms with Crippen LogP contribution >= 0.6 is 0 Å². The van der Waals surface area contributed by atoms with Gasteiger partial charge in [0.05, 0.1) is 12.3 Å². The van der Waals surface area contributed by atoms with E-state index in [9.17, 15) is 9.90 Å². The van der Waals surface area contributed by atoms with Gasteiger partial charge < -0.3 is 9.84 Å². The summed E-state index contributed by atoms with van der Waals surface area (Å²) in [4.78, 5) is 12.2. The van der Waals surface area contributed by atoms with Gasteiger partial charge >= 0.3 is 0 Å². The van der Waals surface area contributed by atoms with Crippen LogP contribution in [0.15, 0.2) is 53.6 Å². The Kier molecular flexibility index (Phi) is 7.68. The molecule has 2 aromatic carbocycles. The van der Waals surface area contributed by atoms with Gasteiger partial charge in [-0.25, -0.2) is 5.43 Å². The van der Waals surface area contributed by atoms with E-state index >= 15 is 0 Å². The lowest BCUT2D eigenvalue weighted by Crippen LogP contribution is -2.19. The van der Waals surface area contributed by atoms with Crippen molar-refractivity contribution in [1.29, 1.82) is 0 Å². The summed E-state index contributed by atoms with van der Waals surface area (Å²) in [5.41, 5.74) is 4.55. The number of benzene rings is 2. The summed E-state index contributed by atoms with van der Waals surface area (Å²) in [6, 6.07) is 13.7. The highest BCUT2D eigenvalue weighted by Gasteiger charge is 2.05. The molecule has 0 aliphatic rings. The van der Waals surface area contributed by atoms with Crippen LogP contribution in [-0.2, 0) is 0 Å². The first kappa shape index (κ1) is 19.5. The second kappa shape index (κ2) is 10.2. The smallest absolute Gasteiger partial charge is 0.271 e. The van der Waals surface area contributed by atoms with Gasteiger partial charge in [-0.3, -0.25) is 4.79 Å². The van der Waals surface area contributed by atoms with Crippen LogP contribution in [-0.4, -0.2) is 23.3 Å². The summed E-state index contributed by atoms with van der Waals surface area (Å²) in [6.07, 6.45) is 4.65. The minimum Gasteiger partial charge on any atom is -0.508 e. The van der Waals surface area contributed by atoms with E-state index in [1.165, 1.54) is 19.3 Å². The van der Waals surface area contributed by atoms with Crippen molar-refractivity contribution < 1.29 is 14.6 Å². The van der Waals surface area contributed by atoms with Gasteiger partial charge in [0.2, 0.25) is 0 Å². The number of nitrogens with zero attached hydrogens (tertiary/aromatic N) is 1. The molecule has 0 saturated carbocycles. The molecule has 0 heterocycles. The predicted molar refractivity (Wildman–Crippen MR) is 104 cm³/mol. The molecule has 1 amide bonds. The molecule has 0 saturated heterocycles. The highest BCUT2D eigenvalue weighted by molar-refractivity contribution is 6.00. The van der Waals surface area contributed by atoms with Crippen LogP contribution in [0.2, 0.25) is 0 Å². The molecule has 0 atom stereocenters. The molecule has 2 rings (SSSR count). The largest absolute Gasteiger partial charge is 0.508 e. The van der Waals surface area contributed by atoms with Crippen LogP contribution in [0.3, 0.4) is 0 Å². The van der Waals surface area contributed by atoms with Crippen molar-refractivity contribution in [2.75, 3.05) is 6.61 Å². The molecule has 0 aliphatic carbocycles. The molecule has 0 aromatic heterocycles. The van der Waals surface area contributed by atoms with Crippen molar-refractivity contribution in [3.8, 4) is 11.5 Å². The summed E-state index contributed by atoms with van der Waals surface area (Å²) >= 11 is 0. The van der Waals surface area contributed by atoms with E-state index in [-0.39, 0.29) is 11.7 Å². The van der Waals surface area contributed by atoms with Crippen LogP contribution < -0.4 is 10.2 Å². The van der Waals surface area contributed by atoms with E-state index in [0.29, 0.717) is 17.9 Å². The average molecular weight is 354 g/mol. The quantitative estimate of drug-likeness (QED) is 0.395. The number of aromatic hydroxyl groups is 1. The first-order valence-corrected chi connectivity index (χ1v) is 8.97. The summed E-state index contributed by atoms with van der Waals surface area (Å²) in [5.74, 6) is 0.678. The zero-order chi connectivity index (χ0) is 18.8. The lowest BCUT2D eigenvalue weighted by molar-refractivity contribution is 0.0955. The van der Waals surface area contributed by atoms with Crippen LogP contribution in [0.5, 0.6) is 11.5 Å². The number of ether oxygens (including phenoxy) is 1. The third-order valence-electron chi connectivity index (χ3n) is 3.99. The number of amides is 1. The van der Waals surface area contributed by atoms with Gasteiger partial charge in [0.15, 0.2) is 0 Å². The lowest BCUT2D eigenvalue weighted by atomic mass is 10.1. The number of hydrazone groups is 1. The summed E-state index contributed by atoms with van der Waals surface area (Å²) < 4.78 is 5.67. The Morgan fingerprint density at radius 2 is 1.65 bits per heavy atom. The molecule has 0 spiro atoms. The van der Waals surface area contributed by atoms with Crippen molar-refractivity contribution >= 4 is 11.6 Å². The summed E-state index contributed by atoms with van der Waals surface area (Å²) in [6.45, 7) is 4.67. The van der Waals surface area contributed by atoms with Gasteiger partial charge in [0, 0.05) is 5.56 Å². The maximum Gasteiger partial charge on any atom is 0.271 e. The number of unbranched alkanes of at least 4 members (excludes halogenated alkanes) is 3. The van der Waals surface area contributed by atoms with Crippen LogP contribution in [0.1, 0.15) is 55.5 Å². The average Bonchev–Trinajstić information content (AvgIpc) is 2.66. The molecular weight excluding hydrogens is 328 g/mol. The van der Waals surface area contributed by atoms with Gasteiger partial charge in [-0.05, 0) is 67.4 Å². The molecule has 26 heavy (non-hydrogen) atoms. The minimum atomic E-state index is -0.280. The SMILES string of the molecule is CCCCCCOc1ccc(C(=O)NN=C(C)c2ccc(O)cc2)cc1. The van der Waals surface area contributed by atoms with Gasteiger partial charge in [-0.2, -0.15) is 5.10 Å². The zero-order valence-corrected chi connectivity index (χ0v) is 15.4. The normalized spacial score (nSPS) is 11.2. The van der Waals surface area contributed by atoms with Crippen LogP contribution in [0.4, 0.5) is 0 Å². The van der Waals surface area contributed by atoms with E-state index in [0.717, 1.165) is 17.7 Å². The van der Waals surface area contributed by atoms with Crippen molar-refractivity contribution in [1.82, 2.24) is 5.43 Å². The molecule has 0 aliphatic heterocycles. The molecule has 0 radical (unpaired) electrons. The maximum absolute atomic E-state index is 12.2. The van der Waals surface area contributed by atoms with Crippen LogP contribution in [0, 0.1) is 0 Å². The summed E-state index contributed by atoms with van der Waals surface area (Å²) in [5, 5.41) is 13.4. The van der Waals surface area contributed by atoms with E-state index in [1.54, 1.807) is 55.5 Å². The standard InChI is InChI=1S/C21H26N2O3/c1-3-4-5-6-15-26-20-13-9-18(10-14-20)21(25)23-22-16(2)17-7-11-19(24)12-8-17/h7-14,24H,3-6,15H2,1-2H3,(H,23,25). The Bertz CT molecular complexity index is 722. The number of nitrogens with one attached hydrogen (secondary N) is 1.